The number of piperidine rings is 1. The van der Waals surface area contributed by atoms with Gasteiger partial charge in [0.15, 0.2) is 0 Å². The molecule has 0 aromatic carbocycles. The third-order valence-electron chi connectivity index (χ3n) is 4.29. The zero-order valence-electron chi connectivity index (χ0n) is 11.8. The standard InChI is InChI=1S/C14H28N2O2/c1-12-3-4-16(13(2)9-12)11-14(17)10-15-5-7-18-8-6-15/h12-14,17H,3-11H2,1-2H3. The Labute approximate surface area is 111 Å². The summed E-state index contributed by atoms with van der Waals surface area (Å²) in [7, 11) is 0. The number of aliphatic hydroxyl groups is 1. The van der Waals surface area contributed by atoms with Crippen molar-refractivity contribution in [2.45, 2.75) is 38.8 Å². The topological polar surface area (TPSA) is 35.9 Å². The number of morpholine rings is 1. The first-order valence-corrected chi connectivity index (χ1v) is 7.37. The van der Waals surface area contributed by atoms with Crippen molar-refractivity contribution in [2.75, 3.05) is 45.9 Å². The number of rotatable bonds is 4. The van der Waals surface area contributed by atoms with Crippen LogP contribution in [0.1, 0.15) is 26.7 Å². The van der Waals surface area contributed by atoms with Gasteiger partial charge in [-0.2, -0.15) is 0 Å². The quantitative estimate of drug-likeness (QED) is 0.807. The van der Waals surface area contributed by atoms with Crippen LogP contribution >= 0.6 is 0 Å². The van der Waals surface area contributed by atoms with Gasteiger partial charge in [0.1, 0.15) is 0 Å². The van der Waals surface area contributed by atoms with Gasteiger partial charge in [-0.3, -0.25) is 9.80 Å². The lowest BCUT2D eigenvalue weighted by Crippen LogP contribution is -2.48. The lowest BCUT2D eigenvalue weighted by molar-refractivity contribution is -0.00148. The Balaban J connectivity index is 1.71. The average molecular weight is 256 g/mol. The highest BCUT2D eigenvalue weighted by Crippen LogP contribution is 2.22. The highest BCUT2D eigenvalue weighted by molar-refractivity contribution is 4.80. The zero-order chi connectivity index (χ0) is 13.0. The van der Waals surface area contributed by atoms with Crippen LogP contribution in [-0.4, -0.2) is 73.0 Å². The summed E-state index contributed by atoms with van der Waals surface area (Å²) in [6.07, 6.45) is 2.32. The number of hydrogen-bond acceptors (Lipinski definition) is 4. The van der Waals surface area contributed by atoms with Crippen molar-refractivity contribution in [1.29, 1.82) is 0 Å². The van der Waals surface area contributed by atoms with E-state index in [1.165, 1.54) is 12.8 Å². The summed E-state index contributed by atoms with van der Waals surface area (Å²) in [6.45, 7) is 10.9. The van der Waals surface area contributed by atoms with E-state index in [-0.39, 0.29) is 6.10 Å². The molecule has 0 spiro atoms. The van der Waals surface area contributed by atoms with Crippen LogP contribution in [0, 0.1) is 5.92 Å². The van der Waals surface area contributed by atoms with Gasteiger partial charge in [0.25, 0.3) is 0 Å². The van der Waals surface area contributed by atoms with Gasteiger partial charge in [-0.25, -0.2) is 0 Å². The van der Waals surface area contributed by atoms with Gasteiger partial charge in [-0.1, -0.05) is 6.92 Å². The molecular weight excluding hydrogens is 228 g/mol. The summed E-state index contributed by atoms with van der Waals surface area (Å²) < 4.78 is 5.33. The van der Waals surface area contributed by atoms with E-state index >= 15 is 0 Å². The third kappa shape index (κ3) is 4.19. The summed E-state index contributed by atoms with van der Waals surface area (Å²) in [6, 6.07) is 0.619. The van der Waals surface area contributed by atoms with Crippen molar-refractivity contribution in [1.82, 2.24) is 9.80 Å². The van der Waals surface area contributed by atoms with E-state index in [1.54, 1.807) is 0 Å². The third-order valence-corrected chi connectivity index (χ3v) is 4.29. The average Bonchev–Trinajstić information content (AvgIpc) is 2.34. The van der Waals surface area contributed by atoms with Crippen molar-refractivity contribution >= 4 is 0 Å². The zero-order valence-corrected chi connectivity index (χ0v) is 11.8. The second-order valence-electron chi connectivity index (χ2n) is 6.04. The maximum absolute atomic E-state index is 10.2. The Bertz CT molecular complexity index is 244. The maximum Gasteiger partial charge on any atom is 0.0793 e. The predicted octanol–water partition coefficient (Wildman–Crippen LogP) is 0.800. The molecule has 2 heterocycles. The van der Waals surface area contributed by atoms with E-state index in [4.69, 9.17) is 4.74 Å². The van der Waals surface area contributed by atoms with Crippen LogP contribution in [0.15, 0.2) is 0 Å². The normalized spacial score (nSPS) is 33.5. The minimum absolute atomic E-state index is 0.223. The minimum atomic E-state index is -0.223. The molecule has 2 fully saturated rings. The molecule has 0 aromatic heterocycles. The fourth-order valence-corrected chi connectivity index (χ4v) is 3.14. The van der Waals surface area contributed by atoms with E-state index in [0.717, 1.165) is 51.9 Å². The molecule has 3 atom stereocenters. The van der Waals surface area contributed by atoms with Gasteiger partial charge >= 0.3 is 0 Å². The maximum atomic E-state index is 10.2. The fourth-order valence-electron chi connectivity index (χ4n) is 3.14. The highest BCUT2D eigenvalue weighted by atomic mass is 16.5. The molecule has 0 bridgehead atoms. The second kappa shape index (κ2) is 6.85. The SMILES string of the molecule is CC1CCN(CC(O)CN2CCOCC2)C(C)C1. The summed E-state index contributed by atoms with van der Waals surface area (Å²) in [5.41, 5.74) is 0. The predicted molar refractivity (Wildman–Crippen MR) is 72.7 cm³/mol. The first-order valence-electron chi connectivity index (χ1n) is 7.37. The minimum Gasteiger partial charge on any atom is -0.390 e. The second-order valence-corrected chi connectivity index (χ2v) is 6.04. The Hall–Kier alpha value is -0.160. The molecule has 0 aliphatic carbocycles. The molecule has 4 nitrogen and oxygen atoms in total. The van der Waals surface area contributed by atoms with Gasteiger partial charge in [0, 0.05) is 32.2 Å². The molecule has 18 heavy (non-hydrogen) atoms. The van der Waals surface area contributed by atoms with Crippen LogP contribution in [0.2, 0.25) is 0 Å². The van der Waals surface area contributed by atoms with Crippen molar-refractivity contribution < 1.29 is 9.84 Å². The fraction of sp³-hybridized carbons (Fsp3) is 1.00. The summed E-state index contributed by atoms with van der Waals surface area (Å²) >= 11 is 0. The Morgan fingerprint density at radius 1 is 1.17 bits per heavy atom. The molecule has 0 saturated carbocycles. The van der Waals surface area contributed by atoms with E-state index < -0.39 is 0 Å². The number of hydrogen-bond donors (Lipinski definition) is 1. The number of likely N-dealkylation sites (tertiary alicyclic amines) is 1. The molecule has 2 saturated heterocycles. The first-order chi connectivity index (χ1) is 8.65. The van der Waals surface area contributed by atoms with Crippen molar-refractivity contribution in [3.63, 3.8) is 0 Å². The van der Waals surface area contributed by atoms with Gasteiger partial charge in [-0.15, -0.1) is 0 Å². The molecule has 2 rings (SSSR count). The van der Waals surface area contributed by atoms with Crippen LogP contribution in [0.4, 0.5) is 0 Å². The lowest BCUT2D eigenvalue weighted by Gasteiger charge is -2.38. The van der Waals surface area contributed by atoms with Crippen LogP contribution in [0.3, 0.4) is 0 Å². The molecule has 0 aromatic rings. The van der Waals surface area contributed by atoms with Crippen LogP contribution in [0.5, 0.6) is 0 Å². The smallest absolute Gasteiger partial charge is 0.0793 e. The molecule has 3 unspecified atom stereocenters. The van der Waals surface area contributed by atoms with Gasteiger partial charge in [0.2, 0.25) is 0 Å². The lowest BCUT2D eigenvalue weighted by atomic mass is 9.93. The summed E-state index contributed by atoms with van der Waals surface area (Å²) in [5, 5.41) is 10.2. The summed E-state index contributed by atoms with van der Waals surface area (Å²) in [4.78, 5) is 4.76. The molecule has 4 heteroatoms. The number of nitrogens with zero attached hydrogens (tertiary/aromatic N) is 2. The van der Waals surface area contributed by atoms with Gasteiger partial charge in [0.05, 0.1) is 19.3 Å². The molecule has 2 aliphatic heterocycles. The largest absolute Gasteiger partial charge is 0.390 e. The van der Waals surface area contributed by atoms with Gasteiger partial charge < -0.3 is 9.84 Å². The van der Waals surface area contributed by atoms with Crippen molar-refractivity contribution in [2.24, 2.45) is 5.92 Å². The highest BCUT2D eigenvalue weighted by Gasteiger charge is 2.25. The summed E-state index contributed by atoms with van der Waals surface area (Å²) in [5.74, 6) is 0.840. The van der Waals surface area contributed by atoms with Gasteiger partial charge in [-0.05, 0) is 32.2 Å². The number of aliphatic hydroxyl groups excluding tert-OH is 1. The Morgan fingerprint density at radius 3 is 2.56 bits per heavy atom. The Kier molecular flexibility index (Phi) is 5.42. The molecule has 2 aliphatic rings. The molecule has 1 N–H and O–H groups in total. The van der Waals surface area contributed by atoms with E-state index in [0.29, 0.717) is 6.04 Å². The molecule has 0 amide bonds. The molecule has 0 radical (unpaired) electrons. The Morgan fingerprint density at radius 2 is 1.89 bits per heavy atom. The van der Waals surface area contributed by atoms with Crippen LogP contribution in [-0.2, 0) is 4.74 Å². The number of β-amino-alcohol motifs (C(OH)–C–C–N with tert-alkyl or cyclic N) is 1. The van der Waals surface area contributed by atoms with Crippen molar-refractivity contribution in [3.05, 3.63) is 0 Å². The molecule has 106 valence electrons. The van der Waals surface area contributed by atoms with E-state index in [9.17, 15) is 5.11 Å². The monoisotopic (exact) mass is 256 g/mol. The first kappa shape index (κ1) is 14.3. The molecular formula is C14H28N2O2. The van der Waals surface area contributed by atoms with E-state index in [2.05, 4.69) is 23.6 Å². The van der Waals surface area contributed by atoms with Crippen LogP contribution < -0.4 is 0 Å². The van der Waals surface area contributed by atoms with E-state index in [1.807, 2.05) is 0 Å². The number of ether oxygens (including phenoxy) is 1. The van der Waals surface area contributed by atoms with Crippen molar-refractivity contribution in [3.8, 4) is 0 Å². The van der Waals surface area contributed by atoms with Crippen LogP contribution in [0.25, 0.3) is 0 Å².